The highest BCUT2D eigenvalue weighted by Crippen LogP contribution is 2.48. The molecule has 1 aromatic rings. The summed E-state index contributed by atoms with van der Waals surface area (Å²) < 4.78 is 6.08. The summed E-state index contributed by atoms with van der Waals surface area (Å²) in [5.74, 6) is 4.51. The van der Waals surface area contributed by atoms with Crippen LogP contribution < -0.4 is 5.73 Å². The molecule has 0 amide bonds. The second-order valence-electron chi connectivity index (χ2n) is 6.55. The van der Waals surface area contributed by atoms with E-state index in [4.69, 9.17) is 10.2 Å². The number of nitrogens with zero attached hydrogens (tertiary/aromatic N) is 1. The van der Waals surface area contributed by atoms with Crippen LogP contribution >= 0.6 is 0 Å². The van der Waals surface area contributed by atoms with Crippen LogP contribution in [0.1, 0.15) is 56.6 Å². The molecule has 4 atom stereocenters. The molecule has 2 aliphatic rings. The number of hydrogen-bond acceptors (Lipinski definition) is 3. The van der Waals surface area contributed by atoms with Gasteiger partial charge in [-0.15, -0.1) is 0 Å². The van der Waals surface area contributed by atoms with Gasteiger partial charge in [-0.25, -0.2) is 0 Å². The molecule has 2 aliphatic carbocycles. The van der Waals surface area contributed by atoms with Crippen molar-refractivity contribution in [1.29, 1.82) is 0 Å². The van der Waals surface area contributed by atoms with E-state index >= 15 is 0 Å². The van der Waals surface area contributed by atoms with Crippen molar-refractivity contribution in [2.75, 3.05) is 13.6 Å². The number of likely N-dealkylation sites (N-methyl/N-ethyl adjacent to an activating group) is 1. The van der Waals surface area contributed by atoms with Gasteiger partial charge in [0.15, 0.2) is 0 Å². The third-order valence-electron chi connectivity index (χ3n) is 5.11. The molecule has 0 radical (unpaired) electrons. The zero-order valence-corrected chi connectivity index (χ0v) is 12.3. The van der Waals surface area contributed by atoms with Gasteiger partial charge < -0.3 is 10.2 Å². The third kappa shape index (κ3) is 2.59. The number of furan rings is 1. The molecule has 3 heteroatoms. The monoisotopic (exact) mass is 262 g/mol. The van der Waals surface area contributed by atoms with E-state index in [1.165, 1.54) is 19.3 Å². The molecule has 106 valence electrons. The smallest absolute Gasteiger partial charge is 0.122 e. The van der Waals surface area contributed by atoms with Crippen LogP contribution in [0.4, 0.5) is 0 Å². The van der Waals surface area contributed by atoms with Gasteiger partial charge in [-0.2, -0.15) is 0 Å². The molecule has 3 rings (SSSR count). The van der Waals surface area contributed by atoms with Crippen LogP contribution in [0.2, 0.25) is 0 Å². The lowest BCUT2D eigenvalue weighted by molar-refractivity contribution is 0.151. The lowest BCUT2D eigenvalue weighted by Crippen LogP contribution is -2.38. The number of rotatable bonds is 6. The molecule has 2 N–H and O–H groups in total. The molecule has 0 saturated heterocycles. The Morgan fingerprint density at radius 1 is 1.42 bits per heavy atom. The quantitative estimate of drug-likeness (QED) is 0.856. The van der Waals surface area contributed by atoms with Crippen LogP contribution in [0.15, 0.2) is 16.5 Å². The first kappa shape index (κ1) is 13.2. The average Bonchev–Trinajstić information content (AvgIpc) is 3.31. The summed E-state index contributed by atoms with van der Waals surface area (Å²) in [6, 6.07) is 5.11. The third-order valence-corrected chi connectivity index (χ3v) is 5.11. The molecule has 3 nitrogen and oxygen atoms in total. The van der Waals surface area contributed by atoms with Crippen LogP contribution in [0.3, 0.4) is 0 Å². The van der Waals surface area contributed by atoms with Crippen LogP contribution in [0, 0.1) is 11.8 Å². The Bertz CT molecular complexity index is 438. The Morgan fingerprint density at radius 3 is 2.63 bits per heavy atom. The Morgan fingerprint density at radius 2 is 2.11 bits per heavy atom. The Hall–Kier alpha value is -0.800. The molecule has 1 aromatic heterocycles. The first-order chi connectivity index (χ1) is 9.11. The van der Waals surface area contributed by atoms with E-state index < -0.39 is 0 Å². The normalized spacial score (nSPS) is 29.5. The van der Waals surface area contributed by atoms with Gasteiger partial charge >= 0.3 is 0 Å². The Kier molecular flexibility index (Phi) is 3.44. The molecule has 0 aromatic carbocycles. The van der Waals surface area contributed by atoms with Crippen molar-refractivity contribution in [3.05, 3.63) is 23.7 Å². The van der Waals surface area contributed by atoms with Gasteiger partial charge in [0, 0.05) is 18.5 Å². The summed E-state index contributed by atoms with van der Waals surface area (Å²) in [4.78, 5) is 2.40. The fourth-order valence-electron chi connectivity index (χ4n) is 3.14. The van der Waals surface area contributed by atoms with Crippen LogP contribution in [0.5, 0.6) is 0 Å². The predicted molar refractivity (Wildman–Crippen MR) is 77.0 cm³/mol. The minimum Gasteiger partial charge on any atom is -0.464 e. The maximum absolute atomic E-state index is 6.08. The lowest BCUT2D eigenvalue weighted by Gasteiger charge is -2.31. The number of nitrogens with two attached hydrogens (primary N) is 1. The van der Waals surface area contributed by atoms with E-state index in [1.807, 2.05) is 0 Å². The van der Waals surface area contributed by atoms with Crippen molar-refractivity contribution in [2.24, 2.45) is 17.6 Å². The molecule has 2 fully saturated rings. The van der Waals surface area contributed by atoms with Gasteiger partial charge in [0.1, 0.15) is 11.5 Å². The highest BCUT2D eigenvalue weighted by molar-refractivity contribution is 5.19. The van der Waals surface area contributed by atoms with E-state index in [1.54, 1.807) is 0 Å². The molecule has 4 unspecified atom stereocenters. The molecule has 1 heterocycles. The van der Waals surface area contributed by atoms with Gasteiger partial charge in [0.05, 0.1) is 6.04 Å². The van der Waals surface area contributed by atoms with Gasteiger partial charge in [0.2, 0.25) is 0 Å². The van der Waals surface area contributed by atoms with Crippen molar-refractivity contribution < 1.29 is 4.42 Å². The number of hydrogen-bond donors (Lipinski definition) is 1. The predicted octanol–water partition coefficient (Wildman–Crippen LogP) is 3.13. The van der Waals surface area contributed by atoms with Crippen molar-refractivity contribution in [1.82, 2.24) is 4.90 Å². The zero-order valence-electron chi connectivity index (χ0n) is 12.3. The second-order valence-corrected chi connectivity index (χ2v) is 6.55. The first-order valence-electron chi connectivity index (χ1n) is 7.63. The molecule has 19 heavy (non-hydrogen) atoms. The standard InChI is InChI=1S/C16H26N2O/c1-10-8-13(10)15-6-7-16(19-15)14(9-17)18(3)11(2)12-4-5-12/h6-7,10-14H,4-5,8-9,17H2,1-3H3. The van der Waals surface area contributed by atoms with Gasteiger partial charge in [-0.3, -0.25) is 4.90 Å². The van der Waals surface area contributed by atoms with E-state index in [9.17, 15) is 0 Å². The Labute approximate surface area is 116 Å². The Balaban J connectivity index is 1.71. The second kappa shape index (κ2) is 4.95. The minimum absolute atomic E-state index is 0.221. The van der Waals surface area contributed by atoms with Gasteiger partial charge in [-0.1, -0.05) is 6.92 Å². The van der Waals surface area contributed by atoms with Crippen LogP contribution in [-0.2, 0) is 0 Å². The lowest BCUT2D eigenvalue weighted by atomic mass is 10.1. The summed E-state index contributed by atoms with van der Waals surface area (Å²) in [5, 5.41) is 0. The molecular formula is C16H26N2O. The maximum atomic E-state index is 6.08. The van der Waals surface area contributed by atoms with E-state index in [0.717, 1.165) is 23.4 Å². The van der Waals surface area contributed by atoms with E-state index in [-0.39, 0.29) is 6.04 Å². The molecule has 0 bridgehead atoms. The highest BCUT2D eigenvalue weighted by Gasteiger charge is 2.38. The highest BCUT2D eigenvalue weighted by atomic mass is 16.3. The average molecular weight is 262 g/mol. The van der Waals surface area contributed by atoms with E-state index in [2.05, 4.69) is 37.9 Å². The van der Waals surface area contributed by atoms with Crippen molar-refractivity contribution in [3.63, 3.8) is 0 Å². The summed E-state index contributed by atoms with van der Waals surface area (Å²) in [5.41, 5.74) is 5.99. The SMILES string of the molecule is CC1CC1c1ccc(C(CN)N(C)C(C)C2CC2)o1. The summed E-state index contributed by atoms with van der Waals surface area (Å²) >= 11 is 0. The van der Waals surface area contributed by atoms with E-state index in [0.29, 0.717) is 18.5 Å². The fourth-order valence-corrected chi connectivity index (χ4v) is 3.14. The minimum atomic E-state index is 0.221. The van der Waals surface area contributed by atoms with Crippen LogP contribution in [-0.4, -0.2) is 24.5 Å². The van der Waals surface area contributed by atoms with Crippen molar-refractivity contribution in [2.45, 2.75) is 51.1 Å². The topological polar surface area (TPSA) is 42.4 Å². The fraction of sp³-hybridized carbons (Fsp3) is 0.750. The van der Waals surface area contributed by atoms with Gasteiger partial charge in [-0.05, 0) is 57.2 Å². The molecular weight excluding hydrogens is 236 g/mol. The molecule has 0 spiro atoms. The summed E-state index contributed by atoms with van der Waals surface area (Å²) in [6.45, 7) is 5.22. The van der Waals surface area contributed by atoms with Gasteiger partial charge in [0.25, 0.3) is 0 Å². The largest absolute Gasteiger partial charge is 0.464 e. The van der Waals surface area contributed by atoms with Crippen molar-refractivity contribution >= 4 is 0 Å². The molecule has 0 aliphatic heterocycles. The summed E-state index contributed by atoms with van der Waals surface area (Å²) in [6.07, 6.45) is 4.01. The maximum Gasteiger partial charge on any atom is 0.122 e. The molecule has 2 saturated carbocycles. The first-order valence-corrected chi connectivity index (χ1v) is 7.63. The summed E-state index contributed by atoms with van der Waals surface area (Å²) in [7, 11) is 2.18. The van der Waals surface area contributed by atoms with Crippen LogP contribution in [0.25, 0.3) is 0 Å². The van der Waals surface area contributed by atoms with Crippen molar-refractivity contribution in [3.8, 4) is 0 Å². The zero-order chi connectivity index (χ0) is 13.6.